The smallest absolute Gasteiger partial charge is 0.364 e. The number of rotatable bonds is 2. The van der Waals surface area contributed by atoms with Crippen molar-refractivity contribution in [2.75, 3.05) is 18.4 Å². The molecule has 0 radical (unpaired) electrons. The van der Waals surface area contributed by atoms with E-state index in [1.807, 2.05) is 6.07 Å². The Morgan fingerprint density at radius 2 is 2.44 bits per heavy atom. The van der Waals surface area contributed by atoms with Gasteiger partial charge in [0.2, 0.25) is 0 Å². The molecule has 16 heavy (non-hydrogen) atoms. The SMILES string of the molecule is O=c1[nH]nc2ccc(NC3CCNC3)nn12. The summed E-state index contributed by atoms with van der Waals surface area (Å²) in [6.45, 7) is 1.95. The van der Waals surface area contributed by atoms with E-state index in [0.29, 0.717) is 17.5 Å². The van der Waals surface area contributed by atoms with Crippen molar-refractivity contribution in [2.24, 2.45) is 0 Å². The van der Waals surface area contributed by atoms with Gasteiger partial charge in [-0.2, -0.15) is 9.61 Å². The van der Waals surface area contributed by atoms with Gasteiger partial charge in [-0.15, -0.1) is 5.10 Å². The zero-order chi connectivity index (χ0) is 11.0. The van der Waals surface area contributed by atoms with Gasteiger partial charge in [-0.25, -0.2) is 9.89 Å². The Morgan fingerprint density at radius 1 is 1.50 bits per heavy atom. The van der Waals surface area contributed by atoms with Crippen LogP contribution in [0.2, 0.25) is 0 Å². The van der Waals surface area contributed by atoms with Crippen LogP contribution in [-0.4, -0.2) is 38.9 Å². The summed E-state index contributed by atoms with van der Waals surface area (Å²) < 4.78 is 1.25. The lowest BCUT2D eigenvalue weighted by Crippen LogP contribution is -2.24. The molecule has 7 nitrogen and oxygen atoms in total. The van der Waals surface area contributed by atoms with Crippen molar-refractivity contribution in [3.8, 4) is 0 Å². The first-order valence-corrected chi connectivity index (χ1v) is 5.25. The van der Waals surface area contributed by atoms with Crippen LogP contribution in [0.25, 0.3) is 5.65 Å². The summed E-state index contributed by atoms with van der Waals surface area (Å²) >= 11 is 0. The van der Waals surface area contributed by atoms with Gasteiger partial charge in [0.1, 0.15) is 5.82 Å². The third-order valence-corrected chi connectivity index (χ3v) is 2.69. The third kappa shape index (κ3) is 1.54. The molecule has 3 heterocycles. The summed E-state index contributed by atoms with van der Waals surface area (Å²) in [5.41, 5.74) is 0.211. The molecule has 0 aromatic carbocycles. The Bertz CT molecular complexity index is 552. The number of nitrogens with one attached hydrogen (secondary N) is 3. The summed E-state index contributed by atoms with van der Waals surface area (Å²) in [6.07, 6.45) is 1.07. The normalized spacial score (nSPS) is 20.4. The molecule has 1 aliphatic rings. The molecule has 84 valence electrons. The van der Waals surface area contributed by atoms with Gasteiger partial charge in [0.25, 0.3) is 0 Å². The monoisotopic (exact) mass is 220 g/mol. The fourth-order valence-corrected chi connectivity index (χ4v) is 1.87. The van der Waals surface area contributed by atoms with Crippen LogP contribution in [0, 0.1) is 0 Å². The van der Waals surface area contributed by atoms with E-state index in [0.717, 1.165) is 19.5 Å². The Morgan fingerprint density at radius 3 is 3.25 bits per heavy atom. The highest BCUT2D eigenvalue weighted by Crippen LogP contribution is 2.08. The predicted molar refractivity (Wildman–Crippen MR) is 58.5 cm³/mol. The van der Waals surface area contributed by atoms with E-state index in [1.54, 1.807) is 6.07 Å². The van der Waals surface area contributed by atoms with Crippen LogP contribution in [0.15, 0.2) is 16.9 Å². The van der Waals surface area contributed by atoms with E-state index < -0.39 is 0 Å². The van der Waals surface area contributed by atoms with E-state index in [1.165, 1.54) is 4.52 Å². The zero-order valence-corrected chi connectivity index (χ0v) is 8.60. The minimum atomic E-state index is -0.316. The average Bonchev–Trinajstić information content (AvgIpc) is 2.90. The molecule has 0 aliphatic carbocycles. The molecular weight excluding hydrogens is 208 g/mol. The predicted octanol–water partition coefficient (Wildman–Crippen LogP) is -0.809. The third-order valence-electron chi connectivity index (χ3n) is 2.69. The molecule has 0 spiro atoms. The molecule has 0 bridgehead atoms. The second kappa shape index (κ2) is 3.60. The Balaban J connectivity index is 1.91. The summed E-state index contributed by atoms with van der Waals surface area (Å²) in [7, 11) is 0. The van der Waals surface area contributed by atoms with Gasteiger partial charge in [-0.1, -0.05) is 0 Å². The van der Waals surface area contributed by atoms with Crippen LogP contribution in [0.5, 0.6) is 0 Å². The van der Waals surface area contributed by atoms with Crippen LogP contribution in [0.1, 0.15) is 6.42 Å². The number of H-pyrrole nitrogens is 1. The van der Waals surface area contributed by atoms with Crippen molar-refractivity contribution in [1.82, 2.24) is 25.1 Å². The van der Waals surface area contributed by atoms with Crippen molar-refractivity contribution >= 4 is 11.5 Å². The highest BCUT2D eigenvalue weighted by Gasteiger charge is 2.14. The van der Waals surface area contributed by atoms with E-state index >= 15 is 0 Å². The molecule has 1 fully saturated rings. The zero-order valence-electron chi connectivity index (χ0n) is 8.60. The van der Waals surface area contributed by atoms with Crippen molar-refractivity contribution in [3.05, 3.63) is 22.6 Å². The van der Waals surface area contributed by atoms with Crippen molar-refractivity contribution in [1.29, 1.82) is 0 Å². The number of aromatic nitrogens is 4. The number of aromatic amines is 1. The second-order valence-electron chi connectivity index (χ2n) is 3.85. The number of fused-ring (bicyclic) bond motifs is 1. The standard InChI is InChI=1S/C9H12N6O/c16-9-13-12-8-2-1-7(14-15(8)9)11-6-3-4-10-5-6/h1-2,6,10H,3-5H2,(H,11,14)(H,13,16). The lowest BCUT2D eigenvalue weighted by atomic mass is 10.2. The lowest BCUT2D eigenvalue weighted by molar-refractivity contribution is 0.774. The minimum Gasteiger partial charge on any atom is -0.365 e. The summed E-state index contributed by atoms with van der Waals surface area (Å²) in [5, 5.41) is 16.9. The van der Waals surface area contributed by atoms with Crippen LogP contribution >= 0.6 is 0 Å². The van der Waals surface area contributed by atoms with E-state index in [9.17, 15) is 4.79 Å². The molecule has 1 atom stereocenters. The molecule has 7 heteroatoms. The van der Waals surface area contributed by atoms with Crippen LogP contribution in [-0.2, 0) is 0 Å². The summed E-state index contributed by atoms with van der Waals surface area (Å²) in [5.74, 6) is 0.699. The lowest BCUT2D eigenvalue weighted by Gasteiger charge is -2.11. The summed E-state index contributed by atoms with van der Waals surface area (Å²) in [6, 6.07) is 3.97. The molecular formula is C9H12N6O. The van der Waals surface area contributed by atoms with E-state index in [-0.39, 0.29) is 5.69 Å². The first kappa shape index (κ1) is 9.34. The number of hydrogen-bond acceptors (Lipinski definition) is 5. The van der Waals surface area contributed by atoms with Gasteiger partial charge in [0.15, 0.2) is 5.65 Å². The van der Waals surface area contributed by atoms with Gasteiger partial charge in [-0.3, -0.25) is 0 Å². The molecule has 1 unspecified atom stereocenters. The van der Waals surface area contributed by atoms with Crippen molar-refractivity contribution in [3.63, 3.8) is 0 Å². The van der Waals surface area contributed by atoms with E-state index in [4.69, 9.17) is 0 Å². The van der Waals surface area contributed by atoms with E-state index in [2.05, 4.69) is 25.9 Å². The highest BCUT2D eigenvalue weighted by molar-refractivity contribution is 5.43. The van der Waals surface area contributed by atoms with Gasteiger partial charge in [0, 0.05) is 12.6 Å². The van der Waals surface area contributed by atoms with Gasteiger partial charge in [0.05, 0.1) is 0 Å². The topological polar surface area (TPSA) is 87.1 Å². The molecule has 0 saturated carbocycles. The minimum absolute atomic E-state index is 0.316. The van der Waals surface area contributed by atoms with Crippen LogP contribution < -0.4 is 16.3 Å². The molecule has 3 rings (SSSR count). The quantitative estimate of drug-likeness (QED) is 0.616. The molecule has 2 aromatic rings. The van der Waals surface area contributed by atoms with Gasteiger partial charge < -0.3 is 10.6 Å². The fourth-order valence-electron chi connectivity index (χ4n) is 1.87. The molecule has 1 saturated heterocycles. The maximum Gasteiger partial charge on any atom is 0.364 e. The maximum atomic E-state index is 11.3. The summed E-state index contributed by atoms with van der Waals surface area (Å²) in [4.78, 5) is 11.3. The Labute approximate surface area is 90.9 Å². The van der Waals surface area contributed by atoms with Crippen LogP contribution in [0.4, 0.5) is 5.82 Å². The van der Waals surface area contributed by atoms with Crippen LogP contribution in [0.3, 0.4) is 0 Å². The van der Waals surface area contributed by atoms with Crippen molar-refractivity contribution < 1.29 is 0 Å². The first-order valence-electron chi connectivity index (χ1n) is 5.25. The molecule has 2 aromatic heterocycles. The number of hydrogen-bond donors (Lipinski definition) is 3. The number of nitrogens with zero attached hydrogens (tertiary/aromatic N) is 3. The van der Waals surface area contributed by atoms with Gasteiger partial charge in [-0.05, 0) is 25.1 Å². The average molecular weight is 220 g/mol. The molecule has 3 N–H and O–H groups in total. The molecule has 1 aliphatic heterocycles. The maximum absolute atomic E-state index is 11.3. The Kier molecular flexibility index (Phi) is 2.10. The number of anilines is 1. The Hall–Kier alpha value is -1.89. The largest absolute Gasteiger partial charge is 0.365 e. The first-order chi connectivity index (χ1) is 7.83. The van der Waals surface area contributed by atoms with Gasteiger partial charge >= 0.3 is 5.69 Å². The molecule has 0 amide bonds. The fraction of sp³-hybridized carbons (Fsp3) is 0.444. The second-order valence-corrected chi connectivity index (χ2v) is 3.85. The highest BCUT2D eigenvalue weighted by atomic mass is 16.2. The van der Waals surface area contributed by atoms with Crippen molar-refractivity contribution in [2.45, 2.75) is 12.5 Å².